The molecule has 2 aromatic heterocycles. The number of furan rings is 1. The van der Waals surface area contributed by atoms with Crippen LogP contribution in [0.2, 0.25) is 0 Å². The van der Waals surface area contributed by atoms with E-state index in [-0.39, 0.29) is 11.9 Å². The first kappa shape index (κ1) is 17.7. The highest BCUT2D eigenvalue weighted by Crippen LogP contribution is 2.28. The Morgan fingerprint density at radius 1 is 1.00 bits per heavy atom. The molecule has 4 aromatic rings. The number of benzene rings is 2. The Kier molecular flexibility index (Phi) is 5.03. The first-order chi connectivity index (χ1) is 13.7. The maximum atomic E-state index is 12.3. The van der Waals surface area contributed by atoms with Gasteiger partial charge in [0, 0.05) is 11.3 Å². The van der Waals surface area contributed by atoms with E-state index >= 15 is 0 Å². The van der Waals surface area contributed by atoms with Gasteiger partial charge in [-0.1, -0.05) is 29.5 Å². The third-order valence-corrected chi connectivity index (χ3v) is 4.84. The second-order valence-electron chi connectivity index (χ2n) is 5.91. The SMILES string of the molecule is O=C(NCc1ccco1)Nc1ccc2nc(NC(=O)c3ccccc3)sc2c1. The molecule has 0 aliphatic heterocycles. The van der Waals surface area contributed by atoms with Gasteiger partial charge in [-0.2, -0.15) is 0 Å². The van der Waals surface area contributed by atoms with Crippen molar-refractivity contribution in [1.82, 2.24) is 10.3 Å². The Morgan fingerprint density at radius 2 is 1.86 bits per heavy atom. The van der Waals surface area contributed by atoms with Crippen molar-refractivity contribution in [3.8, 4) is 0 Å². The summed E-state index contributed by atoms with van der Waals surface area (Å²) in [4.78, 5) is 28.7. The topological polar surface area (TPSA) is 96.3 Å². The predicted octanol–water partition coefficient (Wildman–Crippen LogP) is 4.46. The molecule has 0 radical (unpaired) electrons. The lowest BCUT2D eigenvalue weighted by atomic mass is 10.2. The van der Waals surface area contributed by atoms with Crippen LogP contribution in [0.5, 0.6) is 0 Å². The number of aromatic nitrogens is 1. The van der Waals surface area contributed by atoms with E-state index < -0.39 is 0 Å². The highest BCUT2D eigenvalue weighted by Gasteiger charge is 2.11. The summed E-state index contributed by atoms with van der Waals surface area (Å²) in [6, 6.07) is 17.5. The third kappa shape index (κ3) is 4.18. The number of carbonyl (C=O) groups is 2. The molecule has 0 atom stereocenters. The number of fused-ring (bicyclic) bond motifs is 1. The van der Waals surface area contributed by atoms with E-state index in [4.69, 9.17) is 4.42 Å². The van der Waals surface area contributed by atoms with Crippen molar-refractivity contribution in [1.29, 1.82) is 0 Å². The van der Waals surface area contributed by atoms with Crippen molar-refractivity contribution in [2.45, 2.75) is 6.54 Å². The van der Waals surface area contributed by atoms with E-state index in [1.54, 1.807) is 42.7 Å². The Hall–Kier alpha value is -3.65. The van der Waals surface area contributed by atoms with Gasteiger partial charge >= 0.3 is 6.03 Å². The van der Waals surface area contributed by atoms with Gasteiger partial charge in [-0.15, -0.1) is 0 Å². The van der Waals surface area contributed by atoms with Gasteiger partial charge in [0.25, 0.3) is 5.91 Å². The molecule has 0 bridgehead atoms. The predicted molar refractivity (Wildman–Crippen MR) is 109 cm³/mol. The Labute approximate surface area is 164 Å². The molecule has 3 amide bonds. The van der Waals surface area contributed by atoms with E-state index in [2.05, 4.69) is 20.9 Å². The molecule has 140 valence electrons. The highest BCUT2D eigenvalue weighted by atomic mass is 32.1. The van der Waals surface area contributed by atoms with Crippen LogP contribution in [0.15, 0.2) is 71.3 Å². The summed E-state index contributed by atoms with van der Waals surface area (Å²) in [5, 5.41) is 8.80. The van der Waals surface area contributed by atoms with Crippen LogP contribution < -0.4 is 16.0 Å². The second kappa shape index (κ2) is 7.93. The largest absolute Gasteiger partial charge is 0.467 e. The first-order valence-electron chi connectivity index (χ1n) is 8.51. The van der Waals surface area contributed by atoms with E-state index in [0.717, 1.165) is 10.2 Å². The number of urea groups is 1. The quantitative estimate of drug-likeness (QED) is 0.467. The molecule has 0 aliphatic carbocycles. The van der Waals surface area contributed by atoms with Crippen molar-refractivity contribution in [3.63, 3.8) is 0 Å². The molecule has 0 fully saturated rings. The zero-order chi connectivity index (χ0) is 19.3. The van der Waals surface area contributed by atoms with Gasteiger partial charge in [0.15, 0.2) is 5.13 Å². The molecular weight excluding hydrogens is 376 g/mol. The molecule has 0 unspecified atom stereocenters. The average Bonchev–Trinajstić information content (AvgIpc) is 3.36. The molecule has 28 heavy (non-hydrogen) atoms. The van der Waals surface area contributed by atoms with Crippen LogP contribution in [0, 0.1) is 0 Å². The first-order valence-corrected chi connectivity index (χ1v) is 9.33. The lowest BCUT2D eigenvalue weighted by Gasteiger charge is -2.06. The molecule has 2 heterocycles. The maximum absolute atomic E-state index is 12.3. The number of hydrogen-bond acceptors (Lipinski definition) is 5. The summed E-state index contributed by atoms with van der Waals surface area (Å²) in [6.07, 6.45) is 1.56. The Morgan fingerprint density at radius 3 is 2.64 bits per heavy atom. The average molecular weight is 392 g/mol. The van der Waals surface area contributed by atoms with Crippen LogP contribution in [0.1, 0.15) is 16.1 Å². The van der Waals surface area contributed by atoms with Gasteiger partial charge in [0.2, 0.25) is 0 Å². The lowest BCUT2D eigenvalue weighted by molar-refractivity contribution is 0.102. The zero-order valence-corrected chi connectivity index (χ0v) is 15.5. The van der Waals surface area contributed by atoms with E-state index in [9.17, 15) is 9.59 Å². The summed E-state index contributed by atoms with van der Waals surface area (Å²) >= 11 is 1.34. The van der Waals surface area contributed by atoms with Crippen LogP contribution in [0.4, 0.5) is 15.6 Å². The Bertz CT molecular complexity index is 1110. The van der Waals surface area contributed by atoms with Gasteiger partial charge in [-0.3, -0.25) is 10.1 Å². The molecule has 3 N–H and O–H groups in total. The number of nitrogens with zero attached hydrogens (tertiary/aromatic N) is 1. The number of nitrogens with one attached hydrogen (secondary N) is 3. The minimum absolute atomic E-state index is 0.213. The summed E-state index contributed by atoms with van der Waals surface area (Å²) in [7, 11) is 0. The fraction of sp³-hybridized carbons (Fsp3) is 0.0500. The minimum atomic E-state index is -0.335. The van der Waals surface area contributed by atoms with Crippen LogP contribution in [-0.4, -0.2) is 16.9 Å². The van der Waals surface area contributed by atoms with Gasteiger partial charge < -0.3 is 15.1 Å². The normalized spacial score (nSPS) is 10.6. The summed E-state index contributed by atoms with van der Waals surface area (Å²) < 4.78 is 6.03. The van der Waals surface area contributed by atoms with E-state index in [1.165, 1.54) is 11.3 Å². The number of thiazole rings is 1. The minimum Gasteiger partial charge on any atom is -0.467 e. The molecule has 0 saturated carbocycles. The van der Waals surface area contributed by atoms with Crippen molar-refractivity contribution >= 4 is 44.3 Å². The van der Waals surface area contributed by atoms with Crippen LogP contribution in [-0.2, 0) is 6.54 Å². The highest BCUT2D eigenvalue weighted by molar-refractivity contribution is 7.22. The van der Waals surface area contributed by atoms with E-state index in [0.29, 0.717) is 28.7 Å². The van der Waals surface area contributed by atoms with Crippen molar-refractivity contribution in [2.75, 3.05) is 10.6 Å². The smallest absolute Gasteiger partial charge is 0.319 e. The molecule has 8 heteroatoms. The molecule has 4 rings (SSSR count). The fourth-order valence-electron chi connectivity index (χ4n) is 2.57. The molecule has 0 saturated heterocycles. The second-order valence-corrected chi connectivity index (χ2v) is 6.94. The molecular formula is C20H16N4O3S. The summed E-state index contributed by atoms with van der Waals surface area (Å²) in [6.45, 7) is 0.303. The lowest BCUT2D eigenvalue weighted by Crippen LogP contribution is -2.27. The monoisotopic (exact) mass is 392 g/mol. The van der Waals surface area contributed by atoms with Gasteiger partial charge in [0.05, 0.1) is 23.0 Å². The molecule has 2 aromatic carbocycles. The number of amides is 3. The van der Waals surface area contributed by atoms with Crippen molar-refractivity contribution in [2.24, 2.45) is 0 Å². The van der Waals surface area contributed by atoms with E-state index in [1.807, 2.05) is 24.3 Å². The standard InChI is InChI=1S/C20H16N4O3S/c25-18(13-5-2-1-3-6-13)24-20-23-16-9-8-14(11-17(16)28-20)22-19(26)21-12-15-7-4-10-27-15/h1-11H,12H2,(H2,21,22,26)(H,23,24,25). The molecule has 0 aliphatic rings. The van der Waals surface area contributed by atoms with Crippen LogP contribution in [0.3, 0.4) is 0 Å². The molecule has 7 nitrogen and oxygen atoms in total. The number of hydrogen-bond donors (Lipinski definition) is 3. The third-order valence-electron chi connectivity index (χ3n) is 3.91. The number of carbonyl (C=O) groups excluding carboxylic acids is 2. The van der Waals surface area contributed by atoms with Crippen molar-refractivity contribution in [3.05, 3.63) is 78.3 Å². The zero-order valence-electron chi connectivity index (χ0n) is 14.6. The van der Waals surface area contributed by atoms with Gasteiger partial charge in [-0.25, -0.2) is 9.78 Å². The van der Waals surface area contributed by atoms with Gasteiger partial charge in [0.1, 0.15) is 5.76 Å². The van der Waals surface area contributed by atoms with Crippen molar-refractivity contribution < 1.29 is 14.0 Å². The Balaban J connectivity index is 1.41. The number of anilines is 2. The summed E-state index contributed by atoms with van der Waals surface area (Å²) in [5.74, 6) is 0.460. The fourth-order valence-corrected chi connectivity index (χ4v) is 3.47. The van der Waals surface area contributed by atoms with Gasteiger partial charge in [-0.05, 0) is 42.5 Å². The summed E-state index contributed by atoms with van der Waals surface area (Å²) in [5.41, 5.74) is 1.95. The van der Waals surface area contributed by atoms with Crippen LogP contribution >= 0.6 is 11.3 Å². The molecule has 0 spiro atoms. The van der Waals surface area contributed by atoms with Crippen LogP contribution in [0.25, 0.3) is 10.2 Å². The number of rotatable bonds is 5. The maximum Gasteiger partial charge on any atom is 0.319 e.